The van der Waals surface area contributed by atoms with Gasteiger partial charge in [-0.1, -0.05) is 60.1 Å². The Bertz CT molecular complexity index is 2260. The van der Waals surface area contributed by atoms with Crippen LogP contribution in [0.3, 0.4) is 0 Å². The number of aliphatic carboxylic acids is 1. The van der Waals surface area contributed by atoms with Crippen LogP contribution in [-0.2, 0) is 57.0 Å². The second-order valence-electron chi connectivity index (χ2n) is 26.4. The minimum atomic E-state index is -2.04. The number of rotatable bonds is 12. The van der Waals surface area contributed by atoms with Crippen LogP contribution in [0.25, 0.3) is 0 Å². The Labute approximate surface area is 459 Å². The van der Waals surface area contributed by atoms with Gasteiger partial charge in [-0.05, 0) is 109 Å². The number of fused-ring (bicyclic) bond motifs is 7. The number of aliphatic hydroxyl groups is 11. The minimum absolute atomic E-state index is 0.0177. The van der Waals surface area contributed by atoms with Crippen molar-refractivity contribution in [2.24, 2.45) is 50.2 Å². The van der Waals surface area contributed by atoms with Gasteiger partial charge in [0.15, 0.2) is 37.2 Å². The maximum Gasteiger partial charge on any atom is 0.335 e. The van der Waals surface area contributed by atoms with Gasteiger partial charge in [0.25, 0.3) is 0 Å². The average molecular weight is 1130 g/mol. The molecule has 8 fully saturated rings. The van der Waals surface area contributed by atoms with Crippen molar-refractivity contribution in [2.75, 3.05) is 19.8 Å². The van der Waals surface area contributed by atoms with Crippen LogP contribution in [0.5, 0.6) is 0 Å². The zero-order valence-electron chi connectivity index (χ0n) is 46.3. The third-order valence-electron chi connectivity index (χ3n) is 21.3. The molecule has 450 valence electrons. The third-order valence-corrected chi connectivity index (χ3v) is 21.3. The van der Waals surface area contributed by atoms with Crippen LogP contribution in [-0.4, -0.2) is 222 Å². The number of aliphatic hydroxyl groups excluding tert-OH is 11. The molecule has 0 amide bonds. The molecule has 27 atom stereocenters. The van der Waals surface area contributed by atoms with E-state index in [2.05, 4.69) is 54.5 Å². The van der Waals surface area contributed by atoms with E-state index in [1.54, 1.807) is 0 Å². The van der Waals surface area contributed by atoms with Crippen LogP contribution in [0.15, 0.2) is 11.6 Å². The summed E-state index contributed by atoms with van der Waals surface area (Å²) >= 11 is 0. The SMILES string of the molecule is CC(=O)O[C@@H]1[C@@H](O[C@@H]2O[C@H](CO)[C@@H](O)[C@H](O)[C@H]2O)[C@H](O[C@H]2CC[C@@]3(C)C(CC[C@]4(C)C3CC=C3[C@@H]5CC(C)(C)CC[C@]5(C(=O)O[C@@H]5O[C@H](CO)[C@@H](O)[C@H](O)[C@H]5O)CC[C@]34C)C2(C)C)O[C@H](C(=O)O)[C@H]1O[C@@H]1OC[C@@H](O)[C@H](O)[C@H]1O. The fourth-order valence-electron chi connectivity index (χ4n) is 16.5. The van der Waals surface area contributed by atoms with Crippen molar-refractivity contribution in [1.29, 1.82) is 0 Å². The lowest BCUT2D eigenvalue weighted by Crippen LogP contribution is -2.68. The number of ether oxygens (including phenoxy) is 9. The number of hydrogen-bond donors (Lipinski definition) is 12. The summed E-state index contributed by atoms with van der Waals surface area (Å²) in [6.07, 6.45) is -25.2. The van der Waals surface area contributed by atoms with E-state index in [0.717, 1.165) is 26.2 Å². The first-order valence-electron chi connectivity index (χ1n) is 28.1. The molecule has 0 aromatic rings. The minimum Gasteiger partial charge on any atom is -0.479 e. The van der Waals surface area contributed by atoms with E-state index in [0.29, 0.717) is 44.9 Å². The number of carboxylic acid groups (broad SMARTS) is 1. The molecule has 9 aliphatic rings. The van der Waals surface area contributed by atoms with E-state index >= 15 is 0 Å². The van der Waals surface area contributed by atoms with Crippen molar-refractivity contribution in [2.45, 2.75) is 242 Å². The van der Waals surface area contributed by atoms with Crippen molar-refractivity contribution in [3.8, 4) is 0 Å². The molecule has 4 saturated heterocycles. The molecule has 9 rings (SSSR count). The lowest BCUT2D eigenvalue weighted by atomic mass is 9.33. The number of carbonyl (C=O) groups excluding carboxylic acids is 2. The quantitative estimate of drug-likeness (QED) is 0.0651. The van der Waals surface area contributed by atoms with Gasteiger partial charge in [0, 0.05) is 6.92 Å². The van der Waals surface area contributed by atoms with Crippen LogP contribution in [0, 0.1) is 50.2 Å². The highest BCUT2D eigenvalue weighted by Crippen LogP contribution is 2.76. The van der Waals surface area contributed by atoms with E-state index in [1.807, 2.05) is 0 Å². The summed E-state index contributed by atoms with van der Waals surface area (Å²) in [4.78, 5) is 41.1. The molecule has 24 nitrogen and oxygen atoms in total. The van der Waals surface area contributed by atoms with Gasteiger partial charge >= 0.3 is 17.9 Å². The van der Waals surface area contributed by atoms with E-state index in [1.165, 1.54) is 5.57 Å². The molecular formula is C55H86O24. The zero-order chi connectivity index (χ0) is 57.9. The average Bonchev–Trinajstić information content (AvgIpc) is 2.90. The monoisotopic (exact) mass is 1130 g/mol. The summed E-state index contributed by atoms with van der Waals surface area (Å²) in [5.74, 6) is -3.24. The van der Waals surface area contributed by atoms with Gasteiger partial charge in [0.1, 0.15) is 73.2 Å². The van der Waals surface area contributed by atoms with Gasteiger partial charge in [-0.2, -0.15) is 0 Å². The summed E-state index contributed by atoms with van der Waals surface area (Å²) in [5, 5.41) is 127. The second-order valence-corrected chi connectivity index (χ2v) is 26.4. The first-order chi connectivity index (χ1) is 36.9. The Kier molecular flexibility index (Phi) is 17.1. The zero-order valence-corrected chi connectivity index (χ0v) is 46.3. The van der Waals surface area contributed by atoms with Crippen LogP contribution in [0.2, 0.25) is 0 Å². The lowest BCUT2D eigenvalue weighted by Gasteiger charge is -2.71. The topological polar surface area (TPSA) is 377 Å². The van der Waals surface area contributed by atoms with Gasteiger partial charge < -0.3 is 104 Å². The first kappa shape index (κ1) is 61.0. The van der Waals surface area contributed by atoms with E-state index in [4.69, 9.17) is 42.6 Å². The number of esters is 2. The molecule has 5 aliphatic carbocycles. The summed E-state index contributed by atoms with van der Waals surface area (Å²) < 4.78 is 54.2. The molecule has 2 unspecified atom stereocenters. The summed E-state index contributed by atoms with van der Waals surface area (Å²) in [6, 6.07) is 0. The number of hydrogen-bond acceptors (Lipinski definition) is 23. The summed E-state index contributed by atoms with van der Waals surface area (Å²) in [5.41, 5.74) is -1.54. The van der Waals surface area contributed by atoms with Gasteiger partial charge in [-0.3, -0.25) is 9.59 Å². The fourth-order valence-corrected chi connectivity index (χ4v) is 16.5. The highest BCUT2D eigenvalue weighted by Gasteiger charge is 2.70. The van der Waals surface area contributed by atoms with Crippen LogP contribution in [0.1, 0.15) is 120 Å². The maximum atomic E-state index is 14.8. The van der Waals surface area contributed by atoms with Gasteiger partial charge in [-0.15, -0.1) is 0 Å². The molecule has 0 radical (unpaired) electrons. The van der Waals surface area contributed by atoms with Crippen molar-refractivity contribution in [3.05, 3.63) is 11.6 Å². The summed E-state index contributed by atoms with van der Waals surface area (Å²) in [6.45, 7) is 14.6. The van der Waals surface area contributed by atoms with Crippen molar-refractivity contribution in [1.82, 2.24) is 0 Å². The van der Waals surface area contributed by atoms with Gasteiger partial charge in [0.2, 0.25) is 6.29 Å². The van der Waals surface area contributed by atoms with Crippen LogP contribution >= 0.6 is 0 Å². The van der Waals surface area contributed by atoms with Gasteiger partial charge in [-0.25, -0.2) is 4.79 Å². The van der Waals surface area contributed by atoms with Crippen LogP contribution in [0.4, 0.5) is 0 Å². The first-order valence-corrected chi connectivity index (χ1v) is 28.1. The number of carbonyl (C=O) groups is 3. The predicted octanol–water partition coefficient (Wildman–Crippen LogP) is -0.733. The highest BCUT2D eigenvalue weighted by molar-refractivity contribution is 5.79. The van der Waals surface area contributed by atoms with E-state index in [-0.39, 0.29) is 39.4 Å². The van der Waals surface area contributed by atoms with E-state index < -0.39 is 171 Å². The van der Waals surface area contributed by atoms with Crippen LogP contribution < -0.4 is 0 Å². The molecule has 4 aliphatic heterocycles. The number of allylic oxidation sites excluding steroid dienone is 2. The van der Waals surface area contributed by atoms with Crippen molar-refractivity contribution < 1.29 is 118 Å². The lowest BCUT2D eigenvalue weighted by molar-refractivity contribution is -0.388. The molecule has 0 aromatic heterocycles. The molecular weight excluding hydrogens is 1040 g/mol. The Morgan fingerprint density at radius 1 is 0.608 bits per heavy atom. The largest absolute Gasteiger partial charge is 0.479 e. The molecule has 0 aromatic carbocycles. The molecule has 4 heterocycles. The second kappa shape index (κ2) is 22.1. The fraction of sp³-hybridized carbons (Fsp3) is 0.909. The Morgan fingerprint density at radius 3 is 1.82 bits per heavy atom. The molecule has 0 spiro atoms. The maximum absolute atomic E-state index is 14.8. The third kappa shape index (κ3) is 10.2. The Balaban J connectivity index is 1.01. The molecule has 0 bridgehead atoms. The normalized spacial score (nSPS) is 51.3. The predicted molar refractivity (Wildman–Crippen MR) is 267 cm³/mol. The number of carboxylic acids is 1. The Hall–Kier alpha value is -2.57. The summed E-state index contributed by atoms with van der Waals surface area (Å²) in [7, 11) is 0. The highest BCUT2D eigenvalue weighted by atomic mass is 16.8. The molecule has 24 heteroatoms. The van der Waals surface area contributed by atoms with E-state index in [9.17, 15) is 75.7 Å². The van der Waals surface area contributed by atoms with Gasteiger partial charge in [0.05, 0.1) is 31.3 Å². The molecule has 4 saturated carbocycles. The standard InChI is InChI=1S/C55H86O24/c1-23(58)72-41-40(76-45-37(65)32(60)26(59)22-71-45)42(44(68)69)77-48(43(41)78-46-38(66)35(63)33(61)27(20-56)73-46)75-31-12-13-52(6)29(51(31,4)5)11-14-54(8)30(52)10-9-24-25-19-50(2,3)15-17-55(25,18-16-53(24,54)7)49(70)79-47-39(67)36(64)34(62)28(21-57)74-47/h9,25-43,45-48,56-57,59-67H,10-22H2,1-8H3,(H,68,69)/t25-,26+,27+,28+,29?,30?,31-,32-,33+,34+,35-,36-,37+,38+,39+,40-,41-,42-,43+,45-,46-,47-,48+,52-,53+,54+,55-/m0/s1. The smallest absolute Gasteiger partial charge is 0.335 e. The molecule has 79 heavy (non-hydrogen) atoms. The van der Waals surface area contributed by atoms with Crippen molar-refractivity contribution in [3.63, 3.8) is 0 Å². The molecule has 12 N–H and O–H groups in total. The Morgan fingerprint density at radius 2 is 1.20 bits per heavy atom. The van der Waals surface area contributed by atoms with Crippen molar-refractivity contribution >= 4 is 17.9 Å².